The van der Waals surface area contributed by atoms with Crippen molar-refractivity contribution in [3.8, 4) is 5.75 Å². The van der Waals surface area contributed by atoms with Gasteiger partial charge in [-0.2, -0.15) is 26.7 Å². The number of alkyl halides is 5. The van der Waals surface area contributed by atoms with Crippen molar-refractivity contribution in [1.29, 1.82) is 0 Å². The highest BCUT2D eigenvalue weighted by Crippen LogP contribution is 2.35. The van der Waals surface area contributed by atoms with Gasteiger partial charge in [-0.25, -0.2) is 0 Å². The second kappa shape index (κ2) is 4.34. The van der Waals surface area contributed by atoms with Crippen molar-refractivity contribution in [2.24, 2.45) is 0 Å². The van der Waals surface area contributed by atoms with Crippen LogP contribution in [0.5, 0.6) is 5.75 Å². The maximum Gasteiger partial charge on any atom is 0.456 e. The molecule has 0 aromatic carbocycles. The lowest BCUT2D eigenvalue weighted by atomic mass is 10.3. The van der Waals surface area contributed by atoms with Crippen molar-refractivity contribution in [1.82, 2.24) is 0 Å². The molecule has 0 aliphatic heterocycles. The second-order valence-corrected chi connectivity index (χ2v) is 3.32. The Labute approximate surface area is 93.0 Å². The van der Waals surface area contributed by atoms with E-state index in [0.29, 0.717) is 4.73 Å². The van der Waals surface area contributed by atoms with Crippen molar-refractivity contribution in [3.05, 3.63) is 29.2 Å². The summed E-state index contributed by atoms with van der Waals surface area (Å²) < 4.78 is 65.1. The SMILES string of the molecule is Cc1cc(OCC(F)(F)C(F)(F)F)cc[n+]1[O-]. The molecule has 8 heteroatoms. The molecule has 1 heterocycles. The summed E-state index contributed by atoms with van der Waals surface area (Å²) in [6.45, 7) is -0.458. The van der Waals surface area contributed by atoms with E-state index in [4.69, 9.17) is 0 Å². The summed E-state index contributed by atoms with van der Waals surface area (Å²) in [5.41, 5.74) is 0.123. The molecule has 0 aliphatic rings. The van der Waals surface area contributed by atoms with Crippen LogP contribution in [-0.2, 0) is 0 Å². The van der Waals surface area contributed by atoms with E-state index in [1.165, 1.54) is 6.92 Å². The molecule has 0 bridgehead atoms. The molecule has 17 heavy (non-hydrogen) atoms. The Morgan fingerprint density at radius 1 is 1.29 bits per heavy atom. The average Bonchev–Trinajstić information content (AvgIpc) is 2.18. The molecule has 0 amide bonds. The number of hydrogen-bond donors (Lipinski definition) is 0. The highest BCUT2D eigenvalue weighted by atomic mass is 19.4. The maximum atomic E-state index is 12.5. The van der Waals surface area contributed by atoms with E-state index in [0.717, 1.165) is 18.3 Å². The third-order valence-electron chi connectivity index (χ3n) is 1.91. The van der Waals surface area contributed by atoms with Gasteiger partial charge in [0.25, 0.3) is 0 Å². The summed E-state index contributed by atoms with van der Waals surface area (Å²) in [4.78, 5) is 0. The Bertz CT molecular complexity index is 405. The van der Waals surface area contributed by atoms with Gasteiger partial charge in [0.2, 0.25) is 0 Å². The largest absolute Gasteiger partial charge is 0.619 e. The van der Waals surface area contributed by atoms with Crippen LogP contribution in [0.15, 0.2) is 18.3 Å². The minimum atomic E-state index is -5.66. The van der Waals surface area contributed by atoms with Gasteiger partial charge in [-0.05, 0) is 0 Å². The van der Waals surface area contributed by atoms with E-state index in [1.807, 2.05) is 0 Å². The number of halogens is 5. The van der Waals surface area contributed by atoms with E-state index in [1.54, 1.807) is 0 Å². The average molecular weight is 257 g/mol. The molecule has 0 atom stereocenters. The van der Waals surface area contributed by atoms with Crippen molar-refractivity contribution in [3.63, 3.8) is 0 Å². The van der Waals surface area contributed by atoms with Crippen LogP contribution in [0.3, 0.4) is 0 Å². The number of pyridine rings is 1. The summed E-state index contributed by atoms with van der Waals surface area (Å²) in [5.74, 6) is -5.15. The Balaban J connectivity index is 2.71. The van der Waals surface area contributed by atoms with Crippen LogP contribution >= 0.6 is 0 Å². The van der Waals surface area contributed by atoms with Crippen LogP contribution < -0.4 is 9.47 Å². The molecule has 0 aliphatic carbocycles. The molecule has 0 fully saturated rings. The Morgan fingerprint density at radius 2 is 1.88 bits per heavy atom. The van der Waals surface area contributed by atoms with E-state index >= 15 is 0 Å². The van der Waals surface area contributed by atoms with Crippen LogP contribution in [-0.4, -0.2) is 18.7 Å². The Hall–Kier alpha value is -1.60. The molecule has 0 saturated carbocycles. The van der Waals surface area contributed by atoms with E-state index in [-0.39, 0.29) is 11.4 Å². The van der Waals surface area contributed by atoms with Gasteiger partial charge in [-0.3, -0.25) is 0 Å². The molecule has 1 aromatic rings. The fourth-order valence-corrected chi connectivity index (χ4v) is 0.922. The highest BCUT2D eigenvalue weighted by Gasteiger charge is 2.58. The monoisotopic (exact) mass is 257 g/mol. The Morgan fingerprint density at radius 3 is 2.35 bits per heavy atom. The van der Waals surface area contributed by atoms with Gasteiger partial charge in [0.05, 0.1) is 0 Å². The van der Waals surface area contributed by atoms with Crippen molar-refractivity contribution >= 4 is 0 Å². The van der Waals surface area contributed by atoms with Crippen molar-refractivity contribution in [2.45, 2.75) is 19.0 Å². The maximum absolute atomic E-state index is 12.5. The number of nitrogens with zero attached hydrogens (tertiary/aromatic N) is 1. The summed E-state index contributed by atoms with van der Waals surface area (Å²) >= 11 is 0. The van der Waals surface area contributed by atoms with Crippen LogP contribution in [0.25, 0.3) is 0 Å². The summed E-state index contributed by atoms with van der Waals surface area (Å²) in [6, 6.07) is 2.08. The summed E-state index contributed by atoms with van der Waals surface area (Å²) in [7, 11) is 0. The summed E-state index contributed by atoms with van der Waals surface area (Å²) in [6.07, 6.45) is -4.70. The molecular weight excluding hydrogens is 249 g/mol. The zero-order valence-electron chi connectivity index (χ0n) is 8.59. The van der Waals surface area contributed by atoms with Crippen molar-refractivity contribution < 1.29 is 31.4 Å². The van der Waals surface area contributed by atoms with E-state index in [9.17, 15) is 27.2 Å². The van der Waals surface area contributed by atoms with Crippen LogP contribution in [0.2, 0.25) is 0 Å². The van der Waals surface area contributed by atoms with Crippen LogP contribution in [0, 0.1) is 12.1 Å². The van der Waals surface area contributed by atoms with Gasteiger partial charge in [-0.1, -0.05) is 0 Å². The molecule has 96 valence electrons. The molecule has 0 radical (unpaired) electrons. The van der Waals surface area contributed by atoms with E-state index < -0.39 is 18.7 Å². The quantitative estimate of drug-likeness (QED) is 0.473. The number of aromatic nitrogens is 1. The number of ether oxygens (including phenoxy) is 1. The predicted octanol–water partition coefficient (Wildman–Crippen LogP) is 2.20. The first kappa shape index (κ1) is 13.5. The molecule has 1 aromatic heterocycles. The van der Waals surface area contributed by atoms with Gasteiger partial charge >= 0.3 is 12.1 Å². The minimum absolute atomic E-state index is 0.123. The van der Waals surface area contributed by atoms with Gasteiger partial charge in [0, 0.05) is 19.1 Å². The van der Waals surface area contributed by atoms with Crippen LogP contribution in [0.4, 0.5) is 22.0 Å². The molecule has 0 N–H and O–H groups in total. The molecule has 0 spiro atoms. The lowest BCUT2D eigenvalue weighted by Crippen LogP contribution is -2.41. The lowest BCUT2D eigenvalue weighted by Gasteiger charge is -2.19. The fourth-order valence-electron chi connectivity index (χ4n) is 0.922. The molecule has 1 rings (SSSR count). The van der Waals surface area contributed by atoms with E-state index in [2.05, 4.69) is 4.74 Å². The van der Waals surface area contributed by atoms with Gasteiger partial charge in [0.15, 0.2) is 18.5 Å². The topological polar surface area (TPSA) is 36.2 Å². The number of rotatable bonds is 3. The highest BCUT2D eigenvalue weighted by molar-refractivity contribution is 5.19. The molecule has 0 saturated heterocycles. The third-order valence-corrected chi connectivity index (χ3v) is 1.91. The third kappa shape index (κ3) is 3.18. The normalized spacial score (nSPS) is 12.6. The van der Waals surface area contributed by atoms with Gasteiger partial charge < -0.3 is 9.94 Å². The zero-order chi connectivity index (χ0) is 13.3. The van der Waals surface area contributed by atoms with Gasteiger partial charge in [-0.15, -0.1) is 0 Å². The molecule has 0 unspecified atom stereocenters. The standard InChI is InChI=1S/C9H8F5NO2/c1-6-4-7(2-3-15(6)16)17-5-8(10,11)9(12,13)14/h2-4H,5H2,1H3. The van der Waals surface area contributed by atoms with Gasteiger partial charge in [0.1, 0.15) is 5.75 Å². The molecule has 3 nitrogen and oxygen atoms in total. The lowest BCUT2D eigenvalue weighted by molar-refractivity contribution is -0.612. The molecular formula is C9H8F5NO2. The van der Waals surface area contributed by atoms with Crippen molar-refractivity contribution in [2.75, 3.05) is 6.61 Å². The number of hydrogen-bond acceptors (Lipinski definition) is 2. The predicted molar refractivity (Wildman–Crippen MR) is 46.6 cm³/mol. The first-order valence-corrected chi connectivity index (χ1v) is 4.41. The second-order valence-electron chi connectivity index (χ2n) is 3.32. The first-order chi connectivity index (χ1) is 7.63. The number of aryl methyl sites for hydroxylation is 1. The van der Waals surface area contributed by atoms with Crippen LogP contribution in [0.1, 0.15) is 5.69 Å². The smallest absolute Gasteiger partial charge is 0.456 e. The Kier molecular flexibility index (Phi) is 3.44. The fraction of sp³-hybridized carbons (Fsp3) is 0.444. The zero-order valence-corrected chi connectivity index (χ0v) is 8.59. The minimum Gasteiger partial charge on any atom is -0.619 e. The first-order valence-electron chi connectivity index (χ1n) is 4.41. The summed E-state index contributed by atoms with van der Waals surface area (Å²) in [5, 5.41) is 10.9.